The number of aromatic nitrogens is 4. The second-order valence-electron chi connectivity index (χ2n) is 36.7. The molecule has 2 aliphatic heterocycles. The van der Waals surface area contributed by atoms with Crippen LogP contribution in [0.2, 0.25) is 0 Å². The predicted octanol–water partition coefficient (Wildman–Crippen LogP) is 16.3. The topological polar surface area (TPSA) is 371 Å². The first-order valence-electron chi connectivity index (χ1n) is 44.7. The van der Waals surface area contributed by atoms with Crippen LogP contribution in [0.5, 0.6) is 23.0 Å². The van der Waals surface area contributed by atoms with E-state index in [0.29, 0.717) is 123 Å². The average Bonchev–Trinajstić information content (AvgIpc) is 1.57. The number of allylic oxidation sites excluding steroid dienone is 4. The molecular weight excluding hydrogens is 1930 g/mol. The van der Waals surface area contributed by atoms with Gasteiger partial charge in [0, 0.05) is 114 Å². The largest absolute Gasteiger partial charge is 0.496 e. The van der Waals surface area contributed by atoms with E-state index in [2.05, 4.69) is 68.8 Å². The van der Waals surface area contributed by atoms with Crippen LogP contribution in [-0.2, 0) is 67.9 Å². The summed E-state index contributed by atoms with van der Waals surface area (Å²) in [7, 11) is -3.86. The number of fused-ring (bicyclic) bond motifs is 2. The molecule has 6 aromatic rings. The van der Waals surface area contributed by atoms with E-state index in [1.54, 1.807) is 67.9 Å². The third-order valence-corrected chi connectivity index (χ3v) is 29.2. The van der Waals surface area contributed by atoms with Gasteiger partial charge < -0.3 is 43.7 Å². The van der Waals surface area contributed by atoms with Gasteiger partial charge in [0.25, 0.3) is 0 Å². The van der Waals surface area contributed by atoms with Gasteiger partial charge in [0.2, 0.25) is 37.8 Å². The molecule has 10 atom stereocenters. The van der Waals surface area contributed by atoms with Crippen molar-refractivity contribution in [1.82, 2.24) is 39.6 Å². The second-order valence-corrected chi connectivity index (χ2v) is 42.3. The van der Waals surface area contributed by atoms with Crippen LogP contribution in [0.4, 0.5) is 0 Å². The molecule has 4 saturated carbocycles. The van der Waals surface area contributed by atoms with Crippen molar-refractivity contribution in [1.29, 1.82) is 2.67 Å². The molecule has 1 radical (unpaired) electrons. The van der Waals surface area contributed by atoms with Crippen LogP contribution in [0.15, 0.2) is 97.8 Å². The van der Waals surface area contributed by atoms with E-state index in [-0.39, 0.29) is 119 Å². The number of carboxylic acid groups (broad SMARTS) is 1. The van der Waals surface area contributed by atoms with Gasteiger partial charge in [-0.05, 0) is 183 Å². The summed E-state index contributed by atoms with van der Waals surface area (Å²) >= 11 is 3.02. The Hall–Kier alpha value is -8.18. The number of ketones is 2. The number of nitrogens with zero attached hydrogens (tertiary/aromatic N) is 5. The van der Waals surface area contributed by atoms with Gasteiger partial charge in [0.15, 0.2) is 11.6 Å². The molecule has 0 bridgehead atoms. The molecule has 4 N–H and O–H groups in total. The molecule has 3 amide bonds. The number of likely N-dealkylation sites (tertiary alicyclic amines) is 1. The van der Waals surface area contributed by atoms with Gasteiger partial charge in [-0.15, -0.1) is 49.0 Å². The van der Waals surface area contributed by atoms with Crippen LogP contribution in [0.25, 0.3) is 43.2 Å². The number of aryl methyl sites for hydroxylation is 2. The molecule has 4 aromatic heterocycles. The molecule has 0 unspecified atom stereocenters. The normalized spacial score (nSPS) is 21.0. The summed E-state index contributed by atoms with van der Waals surface area (Å²) in [6, 6.07) is 9.75. The maximum absolute atomic E-state index is 14.9. The number of carboxylic acids is 1. The van der Waals surface area contributed by atoms with E-state index in [1.807, 2.05) is 73.2 Å². The van der Waals surface area contributed by atoms with Crippen molar-refractivity contribution in [3.8, 4) is 44.4 Å². The smallest absolute Gasteiger partial charge is 0.307 e. The molecule has 2 saturated heterocycles. The van der Waals surface area contributed by atoms with Gasteiger partial charge >= 0.3 is 17.9 Å². The minimum atomic E-state index is -3.88. The number of benzene rings is 2. The summed E-state index contributed by atoms with van der Waals surface area (Å²) in [4.78, 5) is 127. The number of Topliss-reactive ketones (excluding diaryl/α,β-unsaturated/α-hetero) is 2. The quantitative estimate of drug-likeness (QED) is 0.0120. The number of rotatable bonds is 42. The van der Waals surface area contributed by atoms with Gasteiger partial charge in [-0.3, -0.25) is 47.8 Å². The zero-order valence-corrected chi connectivity index (χ0v) is 83.3. The summed E-state index contributed by atoms with van der Waals surface area (Å²) < 4.78 is 102. The Morgan fingerprint density at radius 1 is 0.625 bits per heavy atom. The SMILES string of the molecule is C.C=CCCCCC[C@H](CC(=O)OC(C)(C)C)C(=O)N1C[C@H](Oc2cc(-c3nc(C(C)C)cs3)nc3c(C)c(OC)ccc23)C[C@H]1C(=O)C[C@]1(C(=O)NS(=O)(=O)C2CC2)C[C@H]1C=C.C=CCCCCC[C@H](CC(=O)OC(C)(C)C)C(=O)O.C=C[C@@H]1C[C@]1(CC(=O)[C@@H]1C[C@@H](Oc2cc(-c3nc(C(C)C)cs3)nc3c(C)c(OC)ccc23)CN1)C(=O)NS(=O)(=O)C1CC1.[3H][B][3H].[U]. The fourth-order valence-electron chi connectivity index (χ4n) is 16.1. The van der Waals surface area contributed by atoms with Gasteiger partial charge in [-0.1, -0.05) is 85.1 Å². The molecule has 128 heavy (non-hydrogen) atoms. The molecule has 0 spiro atoms. The van der Waals surface area contributed by atoms with Crippen molar-refractivity contribution in [2.45, 2.75) is 290 Å². The molecule has 27 nitrogen and oxygen atoms in total. The Balaban J connectivity index is 0.000000295. The van der Waals surface area contributed by atoms with Crippen molar-refractivity contribution in [2.75, 3.05) is 27.3 Å². The van der Waals surface area contributed by atoms with Crippen molar-refractivity contribution in [3.63, 3.8) is 0 Å². The number of carbonyl (C=O) groups is 8. The van der Waals surface area contributed by atoms with E-state index in [1.165, 1.54) is 27.6 Å². The molecule has 12 rings (SSSR count). The van der Waals surface area contributed by atoms with Gasteiger partial charge in [-0.25, -0.2) is 36.8 Å². The Labute approximate surface area is 792 Å². The first kappa shape index (κ1) is 104. The number of nitrogens with one attached hydrogen (secondary N) is 3. The molecular formula is C95H132BN8O19S4U. The standard InChI is InChI=1S/C47H62N4O9S2.C32H38N4O6S2.C15H26O4.CH4.BH2.U/c1-10-12-13-14-15-16-30(21-41(53)60-46(6,7)8)44(54)51-26-32(22-37(51)38(52)25-47(24-31(47)11-2)45(55)50-62(56,57)33-17-18-33)59-40-23-35(43-49-36(27-61-43)28(3)4)48-42-29(5)39(58-9)20-19-34(40)42;1-6-19-13-32(19,31(38)36-44(39,40)21-7-8-21)14-26(37)23-11-20(15-33-23)42-28-12-24(30-35-25(16-43-30)17(2)3)34-29-18(4)27(41-5)10-9-22(28)29;1-5-6-7-8-9-10-12(14(17)18)11-13(16)19-15(2,3)4;;;/h10-11,19-20,23,27-28,30-33,37H,1-2,12-18,21-22,24-26H2,3-9H3,(H,50,55);6,9-10,12,16-17,19-21,23,33H,1,7-8,11,13-15H2,2-5H3,(H,36,38);5,12H,1,6-11H2,2-4H3,(H,17,18);1H4;1H2;/t30-,31-,32-,37+,47-;19-,20-,23+,32-;12-;;;/m111.../s1/i;;;;1T2;. The number of amides is 3. The molecule has 4 aliphatic carbocycles. The van der Waals surface area contributed by atoms with E-state index in [0.717, 1.165) is 89.1 Å². The van der Waals surface area contributed by atoms with Gasteiger partial charge in [0.1, 0.15) is 67.8 Å². The number of ether oxygens (including phenoxy) is 6. The van der Waals surface area contributed by atoms with Crippen molar-refractivity contribution < 1.29 is 120 Å². The maximum atomic E-state index is 14.9. The monoisotopic (exact) mass is 2070 g/mol. The third kappa shape index (κ3) is 27.7. The third-order valence-electron chi connectivity index (χ3n) is 23.8. The predicted molar refractivity (Wildman–Crippen MR) is 500 cm³/mol. The summed E-state index contributed by atoms with van der Waals surface area (Å²) in [5.41, 5.74) is 2.65. The Morgan fingerprint density at radius 2 is 1.05 bits per heavy atom. The molecule has 697 valence electrons. The minimum absolute atomic E-state index is 0. The molecule has 2 aromatic carbocycles. The molecule has 6 aliphatic rings. The number of methoxy groups -OCH3 is 2. The fraction of sp³-hybridized carbons (Fsp3) is 0.579. The minimum Gasteiger partial charge on any atom is -0.496 e. The maximum Gasteiger partial charge on any atom is 0.307 e. The molecule has 33 heteroatoms. The summed E-state index contributed by atoms with van der Waals surface area (Å²) in [6.07, 6.45) is 16.5. The van der Waals surface area contributed by atoms with E-state index in [4.69, 9.17) is 56.1 Å². The van der Waals surface area contributed by atoms with Crippen LogP contribution < -0.4 is 33.7 Å². The summed E-state index contributed by atoms with van der Waals surface area (Å²) in [6.45, 7) is 38.5. The Bertz CT molecular complexity index is 5280. The van der Waals surface area contributed by atoms with Crippen molar-refractivity contribution in [2.24, 2.45) is 34.5 Å². The fourth-order valence-corrected chi connectivity index (χ4v) is 20.8. The Morgan fingerprint density at radius 3 is 1.43 bits per heavy atom. The first-order chi connectivity index (χ1) is 60.4. The number of hydrogen-bond acceptors (Lipinski definition) is 25. The van der Waals surface area contributed by atoms with Gasteiger partial charge in [-0.2, -0.15) is 0 Å². The number of thiazole rings is 2. The molecule has 6 heterocycles. The Kier molecular flexibility index (Phi) is 37.0. The average molecular weight is 2070 g/mol. The second kappa shape index (κ2) is 45.8. The summed E-state index contributed by atoms with van der Waals surface area (Å²) in [5.74, 6) is -3.15. The van der Waals surface area contributed by atoms with Crippen LogP contribution in [0.1, 0.15) is 252 Å². The summed E-state index contributed by atoms with van der Waals surface area (Å²) in [5, 5.41) is 18.3. The number of aliphatic carboxylic acids is 1. The van der Waals surface area contributed by atoms with Gasteiger partial charge in [0.05, 0.1) is 104 Å². The number of hydrogen-bond donors (Lipinski definition) is 4. The number of carbonyl (C=O) groups excluding carboxylic acids is 7. The van der Waals surface area contributed by atoms with E-state index >= 15 is 0 Å². The van der Waals surface area contributed by atoms with Crippen LogP contribution in [0.3, 0.4) is 0 Å². The van der Waals surface area contributed by atoms with E-state index in [9.17, 15) is 55.2 Å². The van der Waals surface area contributed by atoms with Crippen molar-refractivity contribution >= 4 is 120 Å². The number of unbranched alkanes of at least 4 members (excludes halogenated alkanes) is 6. The number of pyridine rings is 2. The number of sulfonamides is 2. The van der Waals surface area contributed by atoms with Crippen molar-refractivity contribution in [3.05, 3.63) is 120 Å². The van der Waals surface area contributed by atoms with E-state index < -0.39 is 118 Å². The zero-order valence-electron chi connectivity index (χ0n) is 77.9. The van der Waals surface area contributed by atoms with Crippen LogP contribution in [0, 0.1) is 79.5 Å². The first-order valence-corrected chi connectivity index (χ1v) is 48.4. The van der Waals surface area contributed by atoms with Crippen LogP contribution >= 0.6 is 22.7 Å². The molecule has 6 fully saturated rings. The van der Waals surface area contributed by atoms with Crippen LogP contribution in [-0.4, -0.2) is 178 Å². The zero-order chi connectivity index (χ0) is 94.1. The number of esters is 2.